The molecule has 0 aromatic heterocycles. The first-order valence-electron chi connectivity index (χ1n) is 8.04. The van der Waals surface area contributed by atoms with Gasteiger partial charge < -0.3 is 14.9 Å². The van der Waals surface area contributed by atoms with Crippen molar-refractivity contribution < 1.29 is 5.11 Å². The fourth-order valence-corrected chi connectivity index (χ4v) is 3.76. The number of phenols is 1. The van der Waals surface area contributed by atoms with Gasteiger partial charge in [0, 0.05) is 60.8 Å². The van der Waals surface area contributed by atoms with Crippen LogP contribution in [0, 0.1) is 0 Å². The van der Waals surface area contributed by atoms with Gasteiger partial charge in [-0.1, -0.05) is 0 Å². The van der Waals surface area contributed by atoms with Crippen LogP contribution in [-0.2, 0) is 0 Å². The fourth-order valence-electron chi connectivity index (χ4n) is 3.50. The molecule has 0 aliphatic carbocycles. The molecule has 4 heteroatoms. The van der Waals surface area contributed by atoms with E-state index < -0.39 is 0 Å². The molecule has 3 nitrogen and oxygen atoms in total. The van der Waals surface area contributed by atoms with Crippen molar-refractivity contribution in [3.63, 3.8) is 0 Å². The van der Waals surface area contributed by atoms with Crippen molar-refractivity contribution >= 4 is 33.7 Å². The van der Waals surface area contributed by atoms with E-state index in [0.29, 0.717) is 11.6 Å². The summed E-state index contributed by atoms with van der Waals surface area (Å²) in [6.07, 6.45) is 0. The molecule has 1 unspecified atom stereocenters. The maximum atomic E-state index is 10.5. The lowest BCUT2D eigenvalue weighted by molar-refractivity contribution is 0.479. The fraction of sp³-hybridized carbons (Fsp3) is 0.474. The zero-order valence-electron chi connectivity index (χ0n) is 14.5. The molecule has 124 valence electrons. The lowest BCUT2D eigenvalue weighted by Crippen LogP contribution is -2.40. The van der Waals surface area contributed by atoms with Crippen LogP contribution in [0.4, 0.5) is 11.4 Å². The van der Waals surface area contributed by atoms with Crippen LogP contribution in [-0.4, -0.2) is 37.2 Å². The summed E-state index contributed by atoms with van der Waals surface area (Å²) >= 11 is 6.29. The van der Waals surface area contributed by atoms with E-state index >= 15 is 0 Å². The van der Waals surface area contributed by atoms with Crippen LogP contribution < -0.4 is 9.80 Å². The van der Waals surface area contributed by atoms with Crippen LogP contribution in [0.1, 0.15) is 32.3 Å². The first kappa shape index (κ1) is 16.3. The largest absolute Gasteiger partial charge is 0.507 e. The molecule has 1 N–H and O–H groups in total. The van der Waals surface area contributed by atoms with Gasteiger partial charge in [-0.25, -0.2) is 0 Å². The van der Waals surface area contributed by atoms with Gasteiger partial charge in [-0.05, 0) is 49.9 Å². The number of phenolic OH excluding ortho intramolecular Hbond substituents is 1. The van der Waals surface area contributed by atoms with Crippen molar-refractivity contribution in [2.45, 2.75) is 32.2 Å². The molecular weight excluding hydrogens is 308 g/mol. The van der Waals surface area contributed by atoms with Gasteiger partial charge in [-0.3, -0.25) is 0 Å². The first-order valence-corrected chi connectivity index (χ1v) is 8.58. The van der Waals surface area contributed by atoms with Crippen molar-refractivity contribution in [3.05, 3.63) is 29.8 Å². The Bertz CT molecular complexity index is 749. The maximum Gasteiger partial charge on any atom is 0.125 e. The molecule has 0 saturated carbocycles. The van der Waals surface area contributed by atoms with Crippen LogP contribution in [0.15, 0.2) is 24.3 Å². The highest BCUT2D eigenvalue weighted by molar-refractivity contribution is 6.18. The topological polar surface area (TPSA) is 26.7 Å². The molecular formula is C19H25ClN2O. The molecule has 0 spiro atoms. The van der Waals surface area contributed by atoms with Crippen LogP contribution in [0.5, 0.6) is 5.75 Å². The highest BCUT2D eigenvalue weighted by Gasteiger charge is 2.36. The zero-order valence-corrected chi connectivity index (χ0v) is 15.3. The van der Waals surface area contributed by atoms with E-state index in [4.69, 9.17) is 11.6 Å². The number of halogens is 1. The third-order valence-corrected chi connectivity index (χ3v) is 5.11. The number of alkyl halides is 1. The van der Waals surface area contributed by atoms with Gasteiger partial charge in [-0.15, -0.1) is 11.6 Å². The van der Waals surface area contributed by atoms with Crippen molar-refractivity contribution in [2.24, 2.45) is 0 Å². The van der Waals surface area contributed by atoms with Gasteiger partial charge in [-0.2, -0.15) is 0 Å². The van der Waals surface area contributed by atoms with Crippen LogP contribution >= 0.6 is 11.6 Å². The van der Waals surface area contributed by atoms with E-state index in [2.05, 4.69) is 36.6 Å². The number of hydrogen-bond acceptors (Lipinski definition) is 3. The summed E-state index contributed by atoms with van der Waals surface area (Å²) in [5.41, 5.74) is 3.51. The molecule has 1 aliphatic heterocycles. The molecule has 1 aliphatic rings. The zero-order chi connectivity index (χ0) is 16.9. The molecule has 1 atom stereocenters. The summed E-state index contributed by atoms with van der Waals surface area (Å²) in [5.74, 6) is 1.21. The van der Waals surface area contributed by atoms with Gasteiger partial charge in [0.1, 0.15) is 5.75 Å². The van der Waals surface area contributed by atoms with E-state index in [9.17, 15) is 5.11 Å². The minimum absolute atomic E-state index is 0.00513. The number of fused-ring (bicyclic) bond motifs is 3. The molecule has 0 bridgehead atoms. The lowest BCUT2D eigenvalue weighted by Gasteiger charge is -2.35. The third-order valence-electron chi connectivity index (χ3n) is 4.73. The summed E-state index contributed by atoms with van der Waals surface area (Å²) in [6, 6.07) is 8.12. The monoisotopic (exact) mass is 332 g/mol. The van der Waals surface area contributed by atoms with Crippen molar-refractivity contribution in [2.75, 3.05) is 36.3 Å². The second kappa shape index (κ2) is 5.48. The van der Waals surface area contributed by atoms with Gasteiger partial charge in [0.25, 0.3) is 0 Å². The Morgan fingerprint density at radius 1 is 1.22 bits per heavy atom. The van der Waals surface area contributed by atoms with Crippen LogP contribution in [0.25, 0.3) is 10.8 Å². The van der Waals surface area contributed by atoms with E-state index in [1.54, 1.807) is 0 Å². The summed E-state index contributed by atoms with van der Waals surface area (Å²) in [5, 5.41) is 12.6. The average Bonchev–Trinajstić information content (AvgIpc) is 2.85. The Hall–Kier alpha value is -1.61. The second-order valence-corrected chi connectivity index (χ2v) is 7.89. The summed E-state index contributed by atoms with van der Waals surface area (Å²) in [7, 11) is 4.06. The standard InChI is InChI=1S/C19H25ClN2O/c1-19(2,3)22-11-12(10-20)18-15-8-13(21(4)5)6-7-14(15)17(23)9-16(18)22/h6-9,12,23H,10-11H2,1-5H3. The van der Waals surface area contributed by atoms with Crippen molar-refractivity contribution in [3.8, 4) is 5.75 Å². The number of benzene rings is 2. The third kappa shape index (κ3) is 2.61. The first-order chi connectivity index (χ1) is 10.7. The molecule has 3 rings (SSSR count). The minimum atomic E-state index is -0.00513. The minimum Gasteiger partial charge on any atom is -0.507 e. The molecule has 2 aromatic rings. The van der Waals surface area contributed by atoms with Crippen LogP contribution in [0.3, 0.4) is 0 Å². The Balaban J connectivity index is 2.32. The molecule has 0 radical (unpaired) electrons. The summed E-state index contributed by atoms with van der Waals surface area (Å²) < 4.78 is 0. The Morgan fingerprint density at radius 3 is 2.48 bits per heavy atom. The van der Waals surface area contributed by atoms with Crippen molar-refractivity contribution in [1.82, 2.24) is 0 Å². The van der Waals surface area contributed by atoms with Crippen molar-refractivity contribution in [1.29, 1.82) is 0 Å². The van der Waals surface area contributed by atoms with E-state index in [0.717, 1.165) is 28.7 Å². The highest BCUT2D eigenvalue weighted by atomic mass is 35.5. The molecule has 0 fully saturated rings. The van der Waals surface area contributed by atoms with E-state index in [1.165, 1.54) is 5.56 Å². The highest BCUT2D eigenvalue weighted by Crippen LogP contribution is 2.48. The number of anilines is 2. The molecule has 0 amide bonds. The molecule has 0 saturated heterocycles. The van der Waals surface area contributed by atoms with Gasteiger partial charge >= 0.3 is 0 Å². The van der Waals surface area contributed by atoms with Crippen LogP contribution in [0.2, 0.25) is 0 Å². The predicted octanol–water partition coefficient (Wildman–Crippen LogP) is 4.55. The lowest BCUT2D eigenvalue weighted by atomic mass is 9.95. The number of nitrogens with zero attached hydrogens (tertiary/aromatic N) is 2. The van der Waals surface area contributed by atoms with E-state index in [1.807, 2.05) is 32.3 Å². The predicted molar refractivity (Wildman–Crippen MR) is 100 cm³/mol. The normalized spacial score (nSPS) is 17.7. The quantitative estimate of drug-likeness (QED) is 0.817. The SMILES string of the molecule is CN(C)c1ccc2c(O)cc3c(c2c1)C(CCl)CN3C(C)(C)C. The Kier molecular flexibility index (Phi) is 3.88. The Morgan fingerprint density at radius 2 is 1.91 bits per heavy atom. The summed E-state index contributed by atoms with van der Waals surface area (Å²) in [4.78, 5) is 4.44. The molecule has 2 aromatic carbocycles. The number of hydrogen-bond donors (Lipinski definition) is 1. The van der Waals surface area contributed by atoms with Gasteiger partial charge in [0.2, 0.25) is 0 Å². The molecule has 23 heavy (non-hydrogen) atoms. The number of rotatable bonds is 2. The van der Waals surface area contributed by atoms with E-state index in [-0.39, 0.29) is 11.5 Å². The Labute approximate surface area is 143 Å². The number of aromatic hydroxyl groups is 1. The molecule has 1 heterocycles. The summed E-state index contributed by atoms with van der Waals surface area (Å²) in [6.45, 7) is 7.49. The second-order valence-electron chi connectivity index (χ2n) is 7.59. The van der Waals surface area contributed by atoms with Gasteiger partial charge in [0.15, 0.2) is 0 Å². The van der Waals surface area contributed by atoms with Gasteiger partial charge in [0.05, 0.1) is 0 Å². The maximum absolute atomic E-state index is 10.5. The smallest absolute Gasteiger partial charge is 0.125 e. The average molecular weight is 333 g/mol.